The Morgan fingerprint density at radius 1 is 1.11 bits per heavy atom. The zero-order chi connectivity index (χ0) is 32.3. The molecule has 0 saturated carbocycles. The molecular weight excluding hydrogens is 765 g/mol. The lowest BCUT2D eigenvalue weighted by Gasteiger charge is -2.28. The Morgan fingerprint density at radius 3 is 2.31 bits per heavy atom. The maximum absolute atomic E-state index is 13.9. The van der Waals surface area contributed by atoms with E-state index in [9.17, 15) is 14.4 Å². The van der Waals surface area contributed by atoms with Crippen molar-refractivity contribution in [3.8, 4) is 5.75 Å². The molecule has 3 aromatic rings. The first-order valence-corrected chi connectivity index (χ1v) is 16.9. The van der Waals surface area contributed by atoms with Gasteiger partial charge in [0, 0.05) is 5.70 Å². The van der Waals surface area contributed by atoms with Crippen molar-refractivity contribution in [1.82, 2.24) is 10.2 Å². The van der Waals surface area contributed by atoms with E-state index >= 15 is 0 Å². The summed E-state index contributed by atoms with van der Waals surface area (Å²) in [5.41, 5.74) is 2.88. The average molecular weight is 797 g/mol. The minimum absolute atomic E-state index is 0.0721. The quantitative estimate of drug-likeness (QED) is 0.0926. The highest BCUT2D eigenvalue weighted by molar-refractivity contribution is 14.1. The van der Waals surface area contributed by atoms with Crippen LogP contribution in [-0.2, 0) is 14.4 Å². The van der Waals surface area contributed by atoms with Gasteiger partial charge in [0.15, 0.2) is 5.17 Å². The number of allylic oxidation sites excluding steroid dienone is 4. The second-order valence-electron chi connectivity index (χ2n) is 9.56. The number of nitrogens with zero attached hydrogens (tertiary/aromatic N) is 2. The third kappa shape index (κ3) is 8.71. The smallest absolute Gasteiger partial charge is 0.285 e. The van der Waals surface area contributed by atoms with Crippen molar-refractivity contribution in [3.05, 3.63) is 140 Å². The Bertz CT molecular complexity index is 1640. The normalized spacial score (nSPS) is 14.7. The minimum atomic E-state index is -0.686. The minimum Gasteiger partial charge on any atom is -0.492 e. The van der Waals surface area contributed by atoms with Gasteiger partial charge in [0.25, 0.3) is 11.8 Å². The summed E-state index contributed by atoms with van der Waals surface area (Å²) in [4.78, 5) is 46.2. The number of thioether (sulfide) groups is 1. The maximum atomic E-state index is 13.9. The van der Waals surface area contributed by atoms with Gasteiger partial charge in [0.1, 0.15) is 11.3 Å². The number of carbonyl (C=O) groups excluding carboxylic acids is 3. The van der Waals surface area contributed by atoms with Crippen LogP contribution in [0.2, 0.25) is 0 Å². The number of ether oxygens (including phenoxy) is 1. The van der Waals surface area contributed by atoms with Gasteiger partial charge < -0.3 is 10.1 Å². The zero-order valence-corrected chi connectivity index (χ0v) is 29.3. The third-order valence-corrected chi connectivity index (χ3v) is 8.86. The fourth-order valence-corrected chi connectivity index (χ4v) is 7.08. The highest BCUT2D eigenvalue weighted by Gasteiger charge is 2.35. The lowest BCUT2D eigenvalue weighted by molar-refractivity contribution is -0.126. The standard InChI is InChI=1S/C35H31BrIN3O4S/c1-4-7-18-26(5-2)40-34(43)27(19-23-20-28(36)32(44-6-3)29(37)21-23)33(42)39-35(40)45-22-30(41)38-31(24-14-10-8-11-15-24)25-16-12-9-13-17-25/h4-5,7-21,31H,1,6,22H2,2-3H3,(H,38,41)/b18-7-,26-5+,27-19+. The monoisotopic (exact) mass is 795 g/mol. The summed E-state index contributed by atoms with van der Waals surface area (Å²) in [7, 11) is 0. The van der Waals surface area contributed by atoms with E-state index in [2.05, 4.69) is 55.4 Å². The van der Waals surface area contributed by atoms with Gasteiger partial charge in [0.2, 0.25) is 5.91 Å². The van der Waals surface area contributed by atoms with E-state index in [0.717, 1.165) is 26.5 Å². The molecule has 0 bridgehead atoms. The summed E-state index contributed by atoms with van der Waals surface area (Å²) < 4.78 is 7.22. The first kappa shape index (κ1) is 34.1. The van der Waals surface area contributed by atoms with Crippen molar-refractivity contribution in [1.29, 1.82) is 0 Å². The molecule has 4 rings (SSSR count). The van der Waals surface area contributed by atoms with Gasteiger partial charge in [-0.15, -0.1) is 0 Å². The molecule has 0 unspecified atom stereocenters. The van der Waals surface area contributed by atoms with E-state index in [1.807, 2.05) is 73.7 Å². The largest absolute Gasteiger partial charge is 0.492 e. The number of halogens is 2. The fourth-order valence-electron chi connectivity index (χ4n) is 4.50. The van der Waals surface area contributed by atoms with Crippen LogP contribution < -0.4 is 10.1 Å². The molecular formula is C35H31BrIN3O4S. The van der Waals surface area contributed by atoms with E-state index < -0.39 is 11.8 Å². The predicted octanol–water partition coefficient (Wildman–Crippen LogP) is 7.85. The number of nitrogens with one attached hydrogen (secondary N) is 1. The summed E-state index contributed by atoms with van der Waals surface area (Å²) >= 11 is 6.69. The highest BCUT2D eigenvalue weighted by Crippen LogP contribution is 2.34. The first-order chi connectivity index (χ1) is 21.8. The molecule has 0 atom stereocenters. The van der Waals surface area contributed by atoms with E-state index in [4.69, 9.17) is 4.74 Å². The SMILES string of the molecule is C=C/C=C\C(=C/C)N1C(=O)/C(=C/c2cc(Br)c(OCC)c(I)c2)C(=O)N=C1SCC(=O)NC(c1ccccc1)c1ccccc1. The molecule has 3 amide bonds. The molecule has 0 aromatic heterocycles. The second kappa shape index (κ2) is 16.5. The molecule has 45 heavy (non-hydrogen) atoms. The Kier molecular flexibility index (Phi) is 12.5. The van der Waals surface area contributed by atoms with Gasteiger partial charge in [-0.05, 0) is 93.3 Å². The van der Waals surface area contributed by atoms with Crippen LogP contribution in [0.3, 0.4) is 0 Å². The number of amides is 3. The van der Waals surface area contributed by atoms with Gasteiger partial charge >= 0.3 is 0 Å². The van der Waals surface area contributed by atoms with Crippen molar-refractivity contribution >= 4 is 79.2 Å². The van der Waals surface area contributed by atoms with E-state index in [1.54, 1.807) is 37.3 Å². The second-order valence-corrected chi connectivity index (χ2v) is 12.5. The van der Waals surface area contributed by atoms with Crippen LogP contribution in [-0.4, -0.2) is 40.1 Å². The van der Waals surface area contributed by atoms with Crippen LogP contribution in [0.15, 0.2) is 124 Å². The number of carbonyl (C=O) groups is 3. The predicted molar refractivity (Wildman–Crippen MR) is 194 cm³/mol. The fraction of sp³-hybridized carbons (Fsp3) is 0.143. The van der Waals surface area contributed by atoms with Crippen molar-refractivity contribution in [2.45, 2.75) is 19.9 Å². The molecule has 0 spiro atoms. The molecule has 3 aromatic carbocycles. The van der Waals surface area contributed by atoms with E-state index in [0.29, 0.717) is 28.1 Å². The number of benzene rings is 3. The lowest BCUT2D eigenvalue weighted by atomic mass is 9.99. The number of amidine groups is 1. The van der Waals surface area contributed by atoms with Crippen LogP contribution in [0.1, 0.15) is 36.6 Å². The molecule has 1 N–H and O–H groups in total. The van der Waals surface area contributed by atoms with Crippen LogP contribution in [0.5, 0.6) is 5.75 Å². The van der Waals surface area contributed by atoms with Gasteiger partial charge in [-0.3, -0.25) is 19.3 Å². The Labute approximate surface area is 289 Å². The molecule has 1 heterocycles. The molecule has 0 radical (unpaired) electrons. The third-order valence-electron chi connectivity index (χ3n) is 6.53. The maximum Gasteiger partial charge on any atom is 0.285 e. The summed E-state index contributed by atoms with van der Waals surface area (Å²) in [6.07, 6.45) is 8.23. The Morgan fingerprint density at radius 2 is 1.76 bits per heavy atom. The summed E-state index contributed by atoms with van der Waals surface area (Å²) in [6, 6.07) is 22.6. The van der Waals surface area contributed by atoms with Crippen LogP contribution in [0.4, 0.5) is 0 Å². The van der Waals surface area contributed by atoms with Gasteiger partial charge in [-0.2, -0.15) is 4.99 Å². The molecule has 0 fully saturated rings. The molecule has 0 saturated heterocycles. The van der Waals surface area contributed by atoms with Crippen LogP contribution >= 0.6 is 50.3 Å². The number of hydrogen-bond donors (Lipinski definition) is 1. The van der Waals surface area contributed by atoms with E-state index in [1.165, 1.54) is 11.0 Å². The van der Waals surface area contributed by atoms with Crippen LogP contribution in [0.25, 0.3) is 6.08 Å². The molecule has 1 aliphatic heterocycles. The molecule has 1 aliphatic rings. The van der Waals surface area contributed by atoms with Gasteiger partial charge in [-0.25, -0.2) is 0 Å². The van der Waals surface area contributed by atoms with Crippen molar-refractivity contribution in [3.63, 3.8) is 0 Å². The summed E-state index contributed by atoms with van der Waals surface area (Å²) in [5.74, 6) is -0.901. The number of rotatable bonds is 11. The molecule has 230 valence electrons. The molecule has 10 heteroatoms. The Hall–Kier alpha value is -3.74. The highest BCUT2D eigenvalue weighted by atomic mass is 127. The summed E-state index contributed by atoms with van der Waals surface area (Å²) in [6.45, 7) is 7.89. The summed E-state index contributed by atoms with van der Waals surface area (Å²) in [5, 5.41) is 3.21. The number of aliphatic imine (C=N–C) groups is 1. The average Bonchev–Trinajstić information content (AvgIpc) is 3.04. The van der Waals surface area contributed by atoms with Crippen molar-refractivity contribution in [2.75, 3.05) is 12.4 Å². The first-order valence-electron chi connectivity index (χ1n) is 14.1. The lowest BCUT2D eigenvalue weighted by Crippen LogP contribution is -2.42. The van der Waals surface area contributed by atoms with Gasteiger partial charge in [0.05, 0.1) is 26.4 Å². The van der Waals surface area contributed by atoms with Crippen molar-refractivity contribution < 1.29 is 19.1 Å². The Balaban J connectivity index is 1.63. The topological polar surface area (TPSA) is 88.1 Å². The molecule has 0 aliphatic carbocycles. The number of hydrogen-bond acceptors (Lipinski definition) is 5. The zero-order valence-electron chi connectivity index (χ0n) is 24.7. The van der Waals surface area contributed by atoms with E-state index in [-0.39, 0.29) is 28.4 Å². The van der Waals surface area contributed by atoms with Crippen LogP contribution in [0, 0.1) is 3.57 Å². The van der Waals surface area contributed by atoms with Crippen molar-refractivity contribution in [2.24, 2.45) is 4.99 Å². The van der Waals surface area contributed by atoms with Gasteiger partial charge in [-0.1, -0.05) is 97.2 Å². The molecule has 7 nitrogen and oxygen atoms in total.